The van der Waals surface area contributed by atoms with Crippen LogP contribution < -0.4 is 16.6 Å². The second kappa shape index (κ2) is 8.11. The number of carbonyl (C=O) groups excluding carboxylic acids is 1. The van der Waals surface area contributed by atoms with E-state index >= 15 is 0 Å². The predicted molar refractivity (Wildman–Crippen MR) is 104 cm³/mol. The standard InChI is InChI=1S/C20H16FN5O4/c21-14-5-3-13(4-6-14)11-26-19(28)17-18(23-8-7-22-17)25(20(26)29)12-16(27)24-10-15-2-1-9-30-15/h1-9H,10-12H2,(H,24,27). The molecule has 0 radical (unpaired) electrons. The van der Waals surface area contributed by atoms with Crippen molar-refractivity contribution in [3.8, 4) is 0 Å². The predicted octanol–water partition coefficient (Wildman–Crippen LogP) is 1.05. The normalized spacial score (nSPS) is 11.0. The third-order valence-electron chi connectivity index (χ3n) is 4.44. The van der Waals surface area contributed by atoms with Crippen molar-refractivity contribution in [3.63, 3.8) is 0 Å². The van der Waals surface area contributed by atoms with E-state index in [-0.39, 0.29) is 30.8 Å². The molecule has 0 aliphatic rings. The van der Waals surface area contributed by atoms with Gasteiger partial charge in [0.05, 0.1) is 19.4 Å². The zero-order valence-electron chi connectivity index (χ0n) is 15.6. The van der Waals surface area contributed by atoms with Crippen LogP contribution in [0.25, 0.3) is 11.2 Å². The van der Waals surface area contributed by atoms with Gasteiger partial charge in [-0.25, -0.2) is 19.2 Å². The van der Waals surface area contributed by atoms with Crippen molar-refractivity contribution in [2.24, 2.45) is 0 Å². The number of aromatic nitrogens is 4. The highest BCUT2D eigenvalue weighted by molar-refractivity contribution is 5.78. The van der Waals surface area contributed by atoms with Crippen molar-refractivity contribution in [1.29, 1.82) is 0 Å². The summed E-state index contributed by atoms with van der Waals surface area (Å²) in [6.45, 7) is -0.309. The van der Waals surface area contributed by atoms with Crippen LogP contribution >= 0.6 is 0 Å². The SMILES string of the molecule is O=C(Cn1c(=O)n(Cc2ccc(F)cc2)c(=O)c2nccnc21)NCc1ccco1. The fourth-order valence-corrected chi connectivity index (χ4v) is 2.98. The third-order valence-corrected chi connectivity index (χ3v) is 4.44. The molecule has 0 saturated heterocycles. The lowest BCUT2D eigenvalue weighted by Gasteiger charge is -2.13. The maximum absolute atomic E-state index is 13.2. The average molecular weight is 409 g/mol. The molecule has 1 amide bonds. The Balaban J connectivity index is 1.70. The summed E-state index contributed by atoms with van der Waals surface area (Å²) >= 11 is 0. The largest absolute Gasteiger partial charge is 0.467 e. The van der Waals surface area contributed by atoms with E-state index in [4.69, 9.17) is 4.42 Å². The second-order valence-corrected chi connectivity index (χ2v) is 6.47. The first kappa shape index (κ1) is 19.2. The van der Waals surface area contributed by atoms with Crippen LogP contribution in [0.2, 0.25) is 0 Å². The summed E-state index contributed by atoms with van der Waals surface area (Å²) < 4.78 is 20.4. The first-order valence-electron chi connectivity index (χ1n) is 9.01. The van der Waals surface area contributed by atoms with E-state index in [1.165, 1.54) is 42.9 Å². The molecule has 4 rings (SSSR count). The lowest BCUT2D eigenvalue weighted by molar-refractivity contribution is -0.121. The van der Waals surface area contributed by atoms with Crippen molar-refractivity contribution in [2.75, 3.05) is 0 Å². The molecule has 30 heavy (non-hydrogen) atoms. The van der Waals surface area contributed by atoms with Crippen molar-refractivity contribution >= 4 is 17.1 Å². The summed E-state index contributed by atoms with van der Waals surface area (Å²) in [6.07, 6.45) is 4.15. The molecule has 0 atom stereocenters. The van der Waals surface area contributed by atoms with Crippen LogP contribution in [0.4, 0.5) is 4.39 Å². The number of hydrogen-bond acceptors (Lipinski definition) is 6. The summed E-state index contributed by atoms with van der Waals surface area (Å²) in [5, 5.41) is 2.65. The third kappa shape index (κ3) is 3.88. The molecule has 0 unspecified atom stereocenters. The lowest BCUT2D eigenvalue weighted by atomic mass is 10.2. The van der Waals surface area contributed by atoms with Crippen molar-refractivity contribution in [2.45, 2.75) is 19.6 Å². The van der Waals surface area contributed by atoms with Crippen molar-refractivity contribution < 1.29 is 13.6 Å². The summed E-state index contributed by atoms with van der Waals surface area (Å²) in [6, 6.07) is 8.82. The Kier molecular flexibility index (Phi) is 5.21. The van der Waals surface area contributed by atoms with Crippen LogP contribution in [0, 0.1) is 5.82 Å². The van der Waals surface area contributed by atoms with Gasteiger partial charge in [0.2, 0.25) is 5.91 Å². The molecule has 0 fully saturated rings. The van der Waals surface area contributed by atoms with Crippen molar-refractivity contribution in [1.82, 2.24) is 24.4 Å². The van der Waals surface area contributed by atoms with E-state index < -0.39 is 23.0 Å². The number of halogens is 1. The van der Waals surface area contributed by atoms with E-state index in [1.54, 1.807) is 12.1 Å². The number of furan rings is 1. The number of hydrogen-bond donors (Lipinski definition) is 1. The molecule has 4 aromatic rings. The molecular weight excluding hydrogens is 393 g/mol. The highest BCUT2D eigenvalue weighted by atomic mass is 19.1. The Morgan fingerprint density at radius 3 is 2.57 bits per heavy atom. The molecule has 10 heteroatoms. The Bertz CT molecular complexity index is 1310. The van der Waals surface area contributed by atoms with Gasteiger partial charge in [-0.3, -0.25) is 18.7 Å². The molecule has 0 aliphatic carbocycles. The summed E-state index contributed by atoms with van der Waals surface area (Å²) in [5.41, 5.74) is -0.841. The summed E-state index contributed by atoms with van der Waals surface area (Å²) in [4.78, 5) is 46.3. The van der Waals surface area contributed by atoms with Gasteiger partial charge in [-0.1, -0.05) is 12.1 Å². The molecule has 1 aromatic carbocycles. The topological polar surface area (TPSA) is 112 Å². The van der Waals surface area contributed by atoms with E-state index in [0.717, 1.165) is 9.13 Å². The monoisotopic (exact) mass is 409 g/mol. The van der Waals surface area contributed by atoms with Crippen LogP contribution in [-0.4, -0.2) is 25.0 Å². The van der Waals surface area contributed by atoms with Crippen LogP contribution in [0.15, 0.2) is 69.1 Å². The molecule has 3 heterocycles. The van der Waals surface area contributed by atoms with E-state index in [1.807, 2.05) is 0 Å². The van der Waals surface area contributed by atoms with Gasteiger partial charge in [-0.05, 0) is 29.8 Å². The Labute approximate surface area is 168 Å². The van der Waals surface area contributed by atoms with Gasteiger partial charge in [0, 0.05) is 12.4 Å². The number of carbonyl (C=O) groups is 1. The van der Waals surface area contributed by atoms with Crippen LogP contribution in [0.5, 0.6) is 0 Å². The van der Waals surface area contributed by atoms with Gasteiger partial charge < -0.3 is 9.73 Å². The van der Waals surface area contributed by atoms with Crippen LogP contribution in [0.1, 0.15) is 11.3 Å². The lowest BCUT2D eigenvalue weighted by Crippen LogP contribution is -2.43. The summed E-state index contributed by atoms with van der Waals surface area (Å²) in [5.74, 6) is -0.338. The molecule has 9 nitrogen and oxygen atoms in total. The number of amides is 1. The molecule has 3 aromatic heterocycles. The number of nitrogens with zero attached hydrogens (tertiary/aromatic N) is 4. The van der Waals surface area contributed by atoms with Gasteiger partial charge in [0.15, 0.2) is 11.2 Å². The summed E-state index contributed by atoms with van der Waals surface area (Å²) in [7, 11) is 0. The van der Waals surface area contributed by atoms with Gasteiger partial charge in [0.1, 0.15) is 18.1 Å². The van der Waals surface area contributed by atoms with Gasteiger partial charge in [-0.2, -0.15) is 0 Å². The molecule has 152 valence electrons. The number of rotatable bonds is 6. The van der Waals surface area contributed by atoms with Crippen LogP contribution in [-0.2, 0) is 24.4 Å². The maximum Gasteiger partial charge on any atom is 0.333 e. The Morgan fingerprint density at radius 2 is 1.83 bits per heavy atom. The van der Waals surface area contributed by atoms with E-state index in [0.29, 0.717) is 11.3 Å². The highest BCUT2D eigenvalue weighted by Crippen LogP contribution is 2.06. The minimum absolute atomic E-state index is 0.0102. The fourth-order valence-electron chi connectivity index (χ4n) is 2.98. The first-order chi connectivity index (χ1) is 14.5. The van der Waals surface area contributed by atoms with Gasteiger partial charge in [-0.15, -0.1) is 0 Å². The van der Waals surface area contributed by atoms with Gasteiger partial charge >= 0.3 is 5.69 Å². The molecule has 0 bridgehead atoms. The minimum atomic E-state index is -0.717. The van der Waals surface area contributed by atoms with Gasteiger partial charge in [0.25, 0.3) is 5.56 Å². The average Bonchev–Trinajstić information content (AvgIpc) is 3.28. The number of fused-ring (bicyclic) bond motifs is 1. The minimum Gasteiger partial charge on any atom is -0.467 e. The zero-order valence-corrected chi connectivity index (χ0v) is 15.6. The van der Waals surface area contributed by atoms with E-state index in [9.17, 15) is 18.8 Å². The smallest absolute Gasteiger partial charge is 0.333 e. The highest BCUT2D eigenvalue weighted by Gasteiger charge is 2.17. The molecule has 0 aliphatic heterocycles. The van der Waals surface area contributed by atoms with Crippen molar-refractivity contribution in [3.05, 3.63) is 93.0 Å². The molecular formula is C20H16FN5O4. The quantitative estimate of drug-likeness (QED) is 0.510. The number of nitrogens with one attached hydrogen (secondary N) is 1. The zero-order chi connectivity index (χ0) is 21.1. The Hall–Kier alpha value is -4.08. The fraction of sp³-hybridized carbons (Fsp3) is 0.150. The number of benzene rings is 1. The Morgan fingerprint density at radius 1 is 1.07 bits per heavy atom. The maximum atomic E-state index is 13.2. The van der Waals surface area contributed by atoms with Crippen LogP contribution in [0.3, 0.4) is 0 Å². The first-order valence-corrected chi connectivity index (χ1v) is 9.01. The van der Waals surface area contributed by atoms with E-state index in [2.05, 4.69) is 15.3 Å². The molecule has 1 N–H and O–H groups in total. The molecule has 0 saturated carbocycles. The second-order valence-electron chi connectivity index (χ2n) is 6.47. The molecule has 0 spiro atoms.